The Morgan fingerprint density at radius 2 is 2.20 bits per heavy atom. The van der Waals surface area contributed by atoms with Gasteiger partial charge in [-0.25, -0.2) is 0 Å². The van der Waals surface area contributed by atoms with Crippen molar-refractivity contribution in [3.8, 4) is 11.5 Å². The summed E-state index contributed by atoms with van der Waals surface area (Å²) in [5.41, 5.74) is 6.67. The second-order valence-corrected chi connectivity index (χ2v) is 3.29. The van der Waals surface area contributed by atoms with Gasteiger partial charge < -0.3 is 19.9 Å². The van der Waals surface area contributed by atoms with Gasteiger partial charge in [0.15, 0.2) is 11.5 Å². The van der Waals surface area contributed by atoms with Gasteiger partial charge in [-0.1, -0.05) is 6.07 Å². The van der Waals surface area contributed by atoms with Crippen molar-refractivity contribution in [1.29, 1.82) is 0 Å². The second kappa shape index (κ2) is 4.51. The van der Waals surface area contributed by atoms with Crippen molar-refractivity contribution in [2.45, 2.75) is 13.0 Å². The van der Waals surface area contributed by atoms with Crippen LogP contribution >= 0.6 is 0 Å². The molecule has 0 aliphatic carbocycles. The second-order valence-electron chi connectivity index (χ2n) is 3.29. The summed E-state index contributed by atoms with van der Waals surface area (Å²) in [6.07, 6.45) is -0.0653. The molecule has 4 heteroatoms. The van der Waals surface area contributed by atoms with E-state index in [9.17, 15) is 0 Å². The van der Waals surface area contributed by atoms with Crippen molar-refractivity contribution in [2.24, 2.45) is 5.73 Å². The van der Waals surface area contributed by atoms with E-state index in [2.05, 4.69) is 0 Å². The van der Waals surface area contributed by atoms with Gasteiger partial charge in [0.25, 0.3) is 0 Å². The maximum atomic E-state index is 5.64. The zero-order valence-corrected chi connectivity index (χ0v) is 8.73. The minimum absolute atomic E-state index is 0.0653. The third kappa shape index (κ3) is 2.06. The highest BCUT2D eigenvalue weighted by molar-refractivity contribution is 5.45. The predicted octanol–water partition coefficient (Wildman–Crippen LogP) is 1.45. The molecule has 0 saturated carbocycles. The van der Waals surface area contributed by atoms with E-state index in [0.717, 1.165) is 17.1 Å². The summed E-state index contributed by atoms with van der Waals surface area (Å²) in [6, 6.07) is 5.77. The Morgan fingerprint density at radius 3 is 2.93 bits per heavy atom. The molecular formula is C11H15NO3. The van der Waals surface area contributed by atoms with Crippen LogP contribution in [-0.4, -0.2) is 19.9 Å². The fraction of sp³-hybridized carbons (Fsp3) is 0.455. The van der Waals surface area contributed by atoms with E-state index in [4.69, 9.17) is 19.9 Å². The van der Waals surface area contributed by atoms with E-state index in [0.29, 0.717) is 19.9 Å². The molecule has 0 fully saturated rings. The van der Waals surface area contributed by atoms with Crippen molar-refractivity contribution in [3.63, 3.8) is 0 Å². The molecule has 4 nitrogen and oxygen atoms in total. The monoisotopic (exact) mass is 209 g/mol. The lowest BCUT2D eigenvalue weighted by Gasteiger charge is -2.15. The van der Waals surface area contributed by atoms with E-state index in [1.165, 1.54) is 0 Å². The fourth-order valence-corrected chi connectivity index (χ4v) is 1.61. The first kappa shape index (κ1) is 10.3. The Balaban J connectivity index is 2.20. The first-order chi connectivity index (χ1) is 7.35. The summed E-state index contributed by atoms with van der Waals surface area (Å²) in [7, 11) is 0. The molecule has 1 heterocycles. The van der Waals surface area contributed by atoms with Gasteiger partial charge in [0.1, 0.15) is 0 Å². The Labute approximate surface area is 88.9 Å². The highest BCUT2D eigenvalue weighted by atomic mass is 16.7. The van der Waals surface area contributed by atoms with Crippen LogP contribution in [0.3, 0.4) is 0 Å². The van der Waals surface area contributed by atoms with Gasteiger partial charge in [-0.3, -0.25) is 0 Å². The largest absolute Gasteiger partial charge is 0.454 e. The van der Waals surface area contributed by atoms with E-state index in [1.807, 2.05) is 25.1 Å². The number of ether oxygens (including phenoxy) is 3. The molecule has 82 valence electrons. The minimum Gasteiger partial charge on any atom is -0.454 e. The van der Waals surface area contributed by atoms with E-state index in [-0.39, 0.29) is 6.10 Å². The van der Waals surface area contributed by atoms with Crippen LogP contribution in [0.4, 0.5) is 0 Å². The van der Waals surface area contributed by atoms with Gasteiger partial charge in [-0.05, 0) is 24.6 Å². The molecular weight excluding hydrogens is 194 g/mol. The molecule has 1 aliphatic rings. The third-order valence-electron chi connectivity index (χ3n) is 2.35. The van der Waals surface area contributed by atoms with Crippen molar-refractivity contribution in [1.82, 2.24) is 0 Å². The van der Waals surface area contributed by atoms with E-state index >= 15 is 0 Å². The molecule has 15 heavy (non-hydrogen) atoms. The van der Waals surface area contributed by atoms with Gasteiger partial charge in [0, 0.05) is 13.2 Å². The highest BCUT2D eigenvalue weighted by Crippen LogP contribution is 2.34. The quantitative estimate of drug-likeness (QED) is 0.815. The number of fused-ring (bicyclic) bond motifs is 1. The van der Waals surface area contributed by atoms with E-state index < -0.39 is 0 Å². The lowest BCUT2D eigenvalue weighted by Crippen LogP contribution is -2.15. The molecule has 1 aromatic carbocycles. The molecule has 0 radical (unpaired) electrons. The van der Waals surface area contributed by atoms with Crippen molar-refractivity contribution < 1.29 is 14.2 Å². The maximum Gasteiger partial charge on any atom is 0.231 e. The first-order valence-corrected chi connectivity index (χ1v) is 5.06. The molecule has 1 aromatic rings. The Morgan fingerprint density at radius 1 is 1.40 bits per heavy atom. The Bertz CT molecular complexity index is 341. The zero-order chi connectivity index (χ0) is 10.7. The van der Waals surface area contributed by atoms with Crippen LogP contribution in [-0.2, 0) is 4.74 Å². The van der Waals surface area contributed by atoms with Gasteiger partial charge in [0.2, 0.25) is 6.79 Å². The van der Waals surface area contributed by atoms with Crippen LogP contribution in [0.15, 0.2) is 18.2 Å². The first-order valence-electron chi connectivity index (χ1n) is 5.06. The average Bonchev–Trinajstić information content (AvgIpc) is 2.72. The lowest BCUT2D eigenvalue weighted by molar-refractivity contribution is 0.0687. The van der Waals surface area contributed by atoms with Crippen LogP contribution < -0.4 is 15.2 Å². The molecule has 1 aliphatic heterocycles. The molecule has 0 amide bonds. The molecule has 0 spiro atoms. The predicted molar refractivity (Wildman–Crippen MR) is 56.0 cm³/mol. The molecule has 0 saturated heterocycles. The van der Waals surface area contributed by atoms with E-state index in [1.54, 1.807) is 0 Å². The molecule has 1 unspecified atom stereocenters. The van der Waals surface area contributed by atoms with Crippen molar-refractivity contribution >= 4 is 0 Å². The minimum atomic E-state index is -0.0653. The summed E-state index contributed by atoms with van der Waals surface area (Å²) < 4.78 is 16.0. The van der Waals surface area contributed by atoms with Gasteiger partial charge in [0.05, 0.1) is 6.10 Å². The molecule has 1 atom stereocenters. The number of benzene rings is 1. The molecule has 0 bridgehead atoms. The standard InChI is InChI=1S/C11H15NO3/c1-2-13-11(6-12)8-3-4-9-10(5-8)15-7-14-9/h3-5,11H,2,6-7,12H2,1H3. The maximum absolute atomic E-state index is 5.64. The van der Waals surface area contributed by atoms with Gasteiger partial charge in [-0.2, -0.15) is 0 Å². The van der Waals surface area contributed by atoms with Crippen LogP contribution in [0.5, 0.6) is 11.5 Å². The molecule has 2 rings (SSSR count). The van der Waals surface area contributed by atoms with Crippen LogP contribution in [0.1, 0.15) is 18.6 Å². The van der Waals surface area contributed by atoms with Crippen molar-refractivity contribution in [2.75, 3.05) is 19.9 Å². The molecule has 0 aromatic heterocycles. The van der Waals surface area contributed by atoms with Crippen LogP contribution in [0.2, 0.25) is 0 Å². The number of hydrogen-bond acceptors (Lipinski definition) is 4. The van der Waals surface area contributed by atoms with Crippen LogP contribution in [0, 0.1) is 0 Å². The number of hydrogen-bond donors (Lipinski definition) is 1. The average molecular weight is 209 g/mol. The van der Waals surface area contributed by atoms with Gasteiger partial charge >= 0.3 is 0 Å². The normalized spacial score (nSPS) is 15.3. The molecule has 2 N–H and O–H groups in total. The summed E-state index contributed by atoms with van der Waals surface area (Å²) in [6.45, 7) is 3.36. The Hall–Kier alpha value is -1.26. The number of rotatable bonds is 4. The number of nitrogens with two attached hydrogens (primary N) is 1. The third-order valence-corrected chi connectivity index (χ3v) is 2.35. The summed E-state index contributed by atoms with van der Waals surface area (Å²) in [5.74, 6) is 1.55. The highest BCUT2D eigenvalue weighted by Gasteiger charge is 2.17. The summed E-state index contributed by atoms with van der Waals surface area (Å²) in [5, 5.41) is 0. The topological polar surface area (TPSA) is 53.7 Å². The zero-order valence-electron chi connectivity index (χ0n) is 8.73. The summed E-state index contributed by atoms with van der Waals surface area (Å²) >= 11 is 0. The summed E-state index contributed by atoms with van der Waals surface area (Å²) in [4.78, 5) is 0. The smallest absolute Gasteiger partial charge is 0.231 e. The fourth-order valence-electron chi connectivity index (χ4n) is 1.61. The SMILES string of the molecule is CCOC(CN)c1ccc2c(c1)OCO2. The Kier molecular flexibility index (Phi) is 3.08. The van der Waals surface area contributed by atoms with Gasteiger partial charge in [-0.15, -0.1) is 0 Å². The van der Waals surface area contributed by atoms with Crippen LogP contribution in [0.25, 0.3) is 0 Å². The van der Waals surface area contributed by atoms with Crippen molar-refractivity contribution in [3.05, 3.63) is 23.8 Å². The lowest BCUT2D eigenvalue weighted by atomic mass is 10.1.